The highest BCUT2D eigenvalue weighted by molar-refractivity contribution is 5.84. The number of hydrazine groups is 1. The highest BCUT2D eigenvalue weighted by Crippen LogP contribution is 2.16. The van der Waals surface area contributed by atoms with E-state index in [2.05, 4.69) is 15.3 Å². The van der Waals surface area contributed by atoms with Crippen LogP contribution in [0.3, 0.4) is 0 Å². The van der Waals surface area contributed by atoms with Crippen LogP contribution in [0.1, 0.15) is 19.8 Å². The van der Waals surface area contributed by atoms with Crippen molar-refractivity contribution >= 4 is 5.78 Å². The molecule has 0 aromatic carbocycles. The van der Waals surface area contributed by atoms with Gasteiger partial charge in [-0.3, -0.25) is 4.79 Å². The molecule has 2 aliphatic rings. The molecule has 0 amide bonds. The second-order valence-corrected chi connectivity index (χ2v) is 4.01. The molecule has 1 unspecified atom stereocenters. The fraction of sp³-hybridized carbons (Fsp3) is 0.900. The van der Waals surface area contributed by atoms with Gasteiger partial charge in [0.2, 0.25) is 0 Å². The summed E-state index contributed by atoms with van der Waals surface area (Å²) in [5, 5.41) is 7.88. The molecule has 4 heteroatoms. The first kappa shape index (κ1) is 10.1. The second-order valence-electron chi connectivity index (χ2n) is 4.01. The molecule has 80 valence electrons. The first-order chi connectivity index (χ1) is 6.83. The Labute approximate surface area is 85.2 Å². The average molecular weight is 197 g/mol. The molecule has 0 spiro atoms. The van der Waals surface area contributed by atoms with Gasteiger partial charge in [0.15, 0.2) is 5.78 Å². The average Bonchev–Trinajstić information content (AvgIpc) is 2.15. The van der Waals surface area contributed by atoms with E-state index >= 15 is 0 Å². The maximum Gasteiger partial charge on any atom is 0.152 e. The van der Waals surface area contributed by atoms with Gasteiger partial charge in [0, 0.05) is 39.1 Å². The third kappa shape index (κ3) is 1.82. The van der Waals surface area contributed by atoms with E-state index in [1.807, 2.05) is 6.92 Å². The summed E-state index contributed by atoms with van der Waals surface area (Å²) in [7, 11) is 0. The number of Topliss-reactive ketones (excluding diaryl/α,β-unsaturated/α-hetero) is 1. The van der Waals surface area contributed by atoms with Crippen LogP contribution in [-0.4, -0.2) is 54.6 Å². The quantitative estimate of drug-likeness (QED) is 0.683. The third-order valence-corrected chi connectivity index (χ3v) is 3.13. The summed E-state index contributed by atoms with van der Waals surface area (Å²) in [6.07, 6.45) is 1.92. The van der Waals surface area contributed by atoms with Gasteiger partial charge in [-0.2, -0.15) is 0 Å². The second kappa shape index (κ2) is 4.38. The fourth-order valence-corrected chi connectivity index (χ4v) is 2.10. The molecule has 0 saturated carbocycles. The molecule has 0 radical (unpaired) electrons. The topological polar surface area (TPSA) is 35.6 Å². The highest BCUT2D eigenvalue weighted by atomic mass is 16.1. The maximum atomic E-state index is 11.7. The lowest BCUT2D eigenvalue weighted by Crippen LogP contribution is -2.63. The molecule has 0 bridgehead atoms. The van der Waals surface area contributed by atoms with E-state index < -0.39 is 0 Å². The standard InChI is InChI=1S/C10H19N3O/c1-2-10(14)9-8-11-4-7-13(9)12-5-3-6-12/h9,11H,2-8H2,1H3. The van der Waals surface area contributed by atoms with Gasteiger partial charge in [-0.25, -0.2) is 10.0 Å². The molecule has 1 atom stereocenters. The van der Waals surface area contributed by atoms with Crippen LogP contribution >= 0.6 is 0 Å². The Morgan fingerprint density at radius 3 is 2.79 bits per heavy atom. The molecule has 2 aliphatic heterocycles. The minimum Gasteiger partial charge on any atom is -0.313 e. The number of hydrogen-bond donors (Lipinski definition) is 1. The van der Waals surface area contributed by atoms with Crippen molar-refractivity contribution in [2.75, 3.05) is 32.7 Å². The summed E-state index contributed by atoms with van der Waals surface area (Å²) in [6.45, 7) is 7.02. The molecule has 0 aromatic rings. The van der Waals surface area contributed by atoms with Gasteiger partial charge >= 0.3 is 0 Å². The Balaban J connectivity index is 1.98. The Morgan fingerprint density at radius 1 is 1.43 bits per heavy atom. The monoisotopic (exact) mass is 197 g/mol. The zero-order valence-electron chi connectivity index (χ0n) is 8.83. The summed E-state index contributed by atoms with van der Waals surface area (Å²) in [5.74, 6) is 0.365. The summed E-state index contributed by atoms with van der Waals surface area (Å²) >= 11 is 0. The molecular weight excluding hydrogens is 178 g/mol. The van der Waals surface area contributed by atoms with E-state index in [4.69, 9.17) is 0 Å². The summed E-state index contributed by atoms with van der Waals surface area (Å²) in [4.78, 5) is 11.7. The molecule has 2 rings (SSSR count). The van der Waals surface area contributed by atoms with Crippen LogP contribution in [0.25, 0.3) is 0 Å². The van der Waals surface area contributed by atoms with Crippen molar-refractivity contribution in [3.05, 3.63) is 0 Å². The van der Waals surface area contributed by atoms with Crippen LogP contribution < -0.4 is 5.32 Å². The molecule has 14 heavy (non-hydrogen) atoms. The van der Waals surface area contributed by atoms with Crippen LogP contribution in [0.15, 0.2) is 0 Å². The Morgan fingerprint density at radius 2 is 2.21 bits per heavy atom. The van der Waals surface area contributed by atoms with Crippen molar-refractivity contribution in [3.8, 4) is 0 Å². The number of nitrogens with zero attached hydrogens (tertiary/aromatic N) is 2. The van der Waals surface area contributed by atoms with Gasteiger partial charge in [-0.15, -0.1) is 0 Å². The van der Waals surface area contributed by atoms with Crippen LogP contribution in [0.5, 0.6) is 0 Å². The largest absolute Gasteiger partial charge is 0.313 e. The van der Waals surface area contributed by atoms with Gasteiger partial charge in [-0.05, 0) is 6.42 Å². The third-order valence-electron chi connectivity index (χ3n) is 3.13. The first-order valence-corrected chi connectivity index (χ1v) is 5.58. The van der Waals surface area contributed by atoms with Crippen molar-refractivity contribution < 1.29 is 4.79 Å². The molecular formula is C10H19N3O. The van der Waals surface area contributed by atoms with E-state index in [9.17, 15) is 4.79 Å². The van der Waals surface area contributed by atoms with Crippen LogP contribution in [-0.2, 0) is 4.79 Å². The number of piperazine rings is 1. The van der Waals surface area contributed by atoms with E-state index in [1.165, 1.54) is 6.42 Å². The van der Waals surface area contributed by atoms with Gasteiger partial charge in [0.05, 0.1) is 6.04 Å². The Hall–Kier alpha value is -0.450. The van der Waals surface area contributed by atoms with Crippen molar-refractivity contribution in [2.24, 2.45) is 0 Å². The molecule has 0 aromatic heterocycles. The lowest BCUT2D eigenvalue weighted by atomic mass is 10.1. The lowest BCUT2D eigenvalue weighted by Gasteiger charge is -2.46. The number of nitrogens with one attached hydrogen (secondary N) is 1. The number of carbonyl (C=O) groups excluding carboxylic acids is 1. The van der Waals surface area contributed by atoms with E-state index in [-0.39, 0.29) is 6.04 Å². The molecule has 2 saturated heterocycles. The maximum absolute atomic E-state index is 11.7. The van der Waals surface area contributed by atoms with E-state index in [0.717, 1.165) is 32.7 Å². The van der Waals surface area contributed by atoms with Crippen molar-refractivity contribution in [1.82, 2.24) is 15.3 Å². The SMILES string of the molecule is CCC(=O)C1CNCCN1N1CCC1. The lowest BCUT2D eigenvalue weighted by molar-refractivity contribution is -0.145. The van der Waals surface area contributed by atoms with Crippen molar-refractivity contribution in [2.45, 2.75) is 25.8 Å². The first-order valence-electron chi connectivity index (χ1n) is 5.58. The fourth-order valence-electron chi connectivity index (χ4n) is 2.10. The minimum atomic E-state index is 0.0917. The summed E-state index contributed by atoms with van der Waals surface area (Å²) in [5.41, 5.74) is 0. The van der Waals surface area contributed by atoms with Crippen LogP contribution in [0, 0.1) is 0 Å². The van der Waals surface area contributed by atoms with Gasteiger partial charge in [-0.1, -0.05) is 6.92 Å². The predicted octanol–water partition coefficient (Wildman–Crippen LogP) is -0.140. The molecule has 0 aliphatic carbocycles. The van der Waals surface area contributed by atoms with Gasteiger partial charge in [0.1, 0.15) is 0 Å². The van der Waals surface area contributed by atoms with Crippen molar-refractivity contribution in [3.63, 3.8) is 0 Å². The highest BCUT2D eigenvalue weighted by Gasteiger charge is 2.33. The zero-order chi connectivity index (χ0) is 9.97. The summed E-state index contributed by atoms with van der Waals surface area (Å²) in [6, 6.07) is 0.0917. The molecule has 1 N–H and O–H groups in total. The van der Waals surface area contributed by atoms with Crippen LogP contribution in [0.4, 0.5) is 0 Å². The smallest absolute Gasteiger partial charge is 0.152 e. The van der Waals surface area contributed by atoms with E-state index in [1.54, 1.807) is 0 Å². The minimum absolute atomic E-state index is 0.0917. The molecule has 2 heterocycles. The Kier molecular flexibility index (Phi) is 3.15. The van der Waals surface area contributed by atoms with Crippen molar-refractivity contribution in [1.29, 1.82) is 0 Å². The van der Waals surface area contributed by atoms with Crippen LogP contribution in [0.2, 0.25) is 0 Å². The number of ketones is 1. The predicted molar refractivity (Wildman–Crippen MR) is 54.9 cm³/mol. The number of carbonyl (C=O) groups is 1. The zero-order valence-corrected chi connectivity index (χ0v) is 8.83. The van der Waals surface area contributed by atoms with Gasteiger partial charge < -0.3 is 5.32 Å². The summed E-state index contributed by atoms with van der Waals surface area (Å²) < 4.78 is 0. The normalized spacial score (nSPS) is 29.9. The number of rotatable bonds is 3. The molecule has 2 fully saturated rings. The van der Waals surface area contributed by atoms with E-state index in [0.29, 0.717) is 12.2 Å². The Bertz CT molecular complexity index is 215. The van der Waals surface area contributed by atoms with Gasteiger partial charge in [0.25, 0.3) is 0 Å². The number of hydrogen-bond acceptors (Lipinski definition) is 4. The molecule has 4 nitrogen and oxygen atoms in total.